The van der Waals surface area contributed by atoms with Gasteiger partial charge in [0.05, 0.1) is 29.8 Å². The first-order chi connectivity index (χ1) is 18.8. The summed E-state index contributed by atoms with van der Waals surface area (Å²) in [6, 6.07) is 11.5. The van der Waals surface area contributed by atoms with Crippen LogP contribution in [0.5, 0.6) is 0 Å². The minimum absolute atomic E-state index is 0.00486. The number of ketones is 1. The average molecular weight is 529 g/mol. The molecule has 202 valence electrons. The van der Waals surface area contributed by atoms with Crippen LogP contribution in [-0.4, -0.2) is 67.6 Å². The van der Waals surface area contributed by atoms with Crippen molar-refractivity contribution in [2.75, 3.05) is 25.9 Å². The fourth-order valence-corrected chi connectivity index (χ4v) is 5.13. The van der Waals surface area contributed by atoms with E-state index in [4.69, 9.17) is 15.5 Å². The molecule has 10 nitrogen and oxygen atoms in total. The highest BCUT2D eigenvalue weighted by molar-refractivity contribution is 6.00. The first kappa shape index (κ1) is 26.5. The van der Waals surface area contributed by atoms with Crippen molar-refractivity contribution in [3.63, 3.8) is 0 Å². The number of likely N-dealkylation sites (tertiary alicyclic amines) is 1. The van der Waals surface area contributed by atoms with E-state index in [0.29, 0.717) is 42.8 Å². The van der Waals surface area contributed by atoms with Crippen LogP contribution in [0.4, 0.5) is 5.82 Å². The number of anilines is 1. The molecule has 0 radical (unpaired) electrons. The molecule has 0 spiro atoms. The van der Waals surface area contributed by atoms with Gasteiger partial charge >= 0.3 is 0 Å². The molecule has 1 amide bonds. The Hall–Kier alpha value is -4.15. The number of nitrogens with two attached hydrogens (primary N) is 1. The topological polar surface area (TPSA) is 136 Å². The van der Waals surface area contributed by atoms with E-state index in [2.05, 4.69) is 10.1 Å². The summed E-state index contributed by atoms with van der Waals surface area (Å²) < 4.78 is 6.70. The molecule has 4 aromatic rings. The standard InChI is InChI=1S/C29H32N6O4/c1-17(37)25-26(21-10-12-34(13-11-21)29(38)18(2)39-3)33-28-23(15-32-35(28)27(25)30)22-8-9-24(31-14-22)20-6-4-19(16-36)5-7-20/h4-9,14-15,18,21,36H,10-13,16,30H2,1-3H3/t18-/m1/s1. The molecule has 0 bridgehead atoms. The number of carbonyl (C=O) groups excluding carboxylic acids is 2. The Morgan fingerprint density at radius 3 is 2.38 bits per heavy atom. The van der Waals surface area contributed by atoms with E-state index in [1.165, 1.54) is 18.5 Å². The fraction of sp³-hybridized carbons (Fsp3) is 0.345. The first-order valence-corrected chi connectivity index (χ1v) is 13.0. The van der Waals surface area contributed by atoms with Crippen LogP contribution in [0.1, 0.15) is 54.2 Å². The molecule has 1 atom stereocenters. The number of aliphatic hydroxyl groups excluding tert-OH is 1. The third kappa shape index (κ3) is 5.00. The third-order valence-electron chi connectivity index (χ3n) is 7.46. The van der Waals surface area contributed by atoms with Crippen molar-refractivity contribution < 1.29 is 19.4 Å². The summed E-state index contributed by atoms with van der Waals surface area (Å²) in [4.78, 5) is 36.7. The van der Waals surface area contributed by atoms with Crippen molar-refractivity contribution in [1.29, 1.82) is 0 Å². The Morgan fingerprint density at radius 1 is 1.10 bits per heavy atom. The van der Waals surface area contributed by atoms with Gasteiger partial charge in [-0.25, -0.2) is 4.98 Å². The van der Waals surface area contributed by atoms with Gasteiger partial charge in [-0.15, -0.1) is 0 Å². The number of methoxy groups -OCH3 is 1. The number of hydrogen-bond donors (Lipinski definition) is 2. The van der Waals surface area contributed by atoms with Crippen LogP contribution in [-0.2, 0) is 16.1 Å². The summed E-state index contributed by atoms with van der Waals surface area (Å²) in [6.45, 7) is 4.33. The lowest BCUT2D eigenvalue weighted by molar-refractivity contribution is -0.142. The van der Waals surface area contributed by atoms with E-state index in [9.17, 15) is 14.7 Å². The summed E-state index contributed by atoms with van der Waals surface area (Å²) in [7, 11) is 1.53. The monoisotopic (exact) mass is 528 g/mol. The smallest absolute Gasteiger partial charge is 0.251 e. The van der Waals surface area contributed by atoms with Crippen LogP contribution in [0.3, 0.4) is 0 Å². The normalized spacial score (nSPS) is 15.0. The number of aliphatic hydroxyl groups is 1. The van der Waals surface area contributed by atoms with E-state index in [1.54, 1.807) is 24.2 Å². The third-order valence-corrected chi connectivity index (χ3v) is 7.46. The number of ether oxygens (including phenoxy) is 1. The van der Waals surface area contributed by atoms with Crippen LogP contribution in [0.2, 0.25) is 0 Å². The van der Waals surface area contributed by atoms with Gasteiger partial charge in [-0.05, 0) is 38.3 Å². The summed E-state index contributed by atoms with van der Waals surface area (Å²) >= 11 is 0. The molecule has 3 N–H and O–H groups in total. The van der Waals surface area contributed by atoms with Crippen molar-refractivity contribution in [1.82, 2.24) is 24.5 Å². The van der Waals surface area contributed by atoms with Gasteiger partial charge in [-0.3, -0.25) is 14.6 Å². The molecule has 0 unspecified atom stereocenters. The Bertz CT molecular complexity index is 1510. The highest BCUT2D eigenvalue weighted by Crippen LogP contribution is 2.35. The lowest BCUT2D eigenvalue weighted by atomic mass is 9.89. The second-order valence-electron chi connectivity index (χ2n) is 9.87. The Morgan fingerprint density at radius 2 is 1.79 bits per heavy atom. The number of aromatic nitrogens is 4. The molecule has 5 rings (SSSR count). The largest absolute Gasteiger partial charge is 0.392 e. The van der Waals surface area contributed by atoms with E-state index >= 15 is 0 Å². The number of pyridine rings is 1. The van der Waals surface area contributed by atoms with Gasteiger partial charge in [0.15, 0.2) is 11.4 Å². The zero-order chi connectivity index (χ0) is 27.7. The van der Waals surface area contributed by atoms with Crippen molar-refractivity contribution in [2.24, 2.45) is 0 Å². The molecule has 0 saturated carbocycles. The molecule has 0 aliphatic carbocycles. The van der Waals surface area contributed by atoms with Crippen LogP contribution < -0.4 is 5.73 Å². The van der Waals surface area contributed by atoms with E-state index < -0.39 is 6.10 Å². The minimum atomic E-state index is -0.492. The summed E-state index contributed by atoms with van der Waals surface area (Å²) in [5.41, 5.74) is 12.3. The molecule has 1 aliphatic rings. The van der Waals surface area contributed by atoms with Gasteiger partial charge in [0.2, 0.25) is 0 Å². The lowest BCUT2D eigenvalue weighted by Crippen LogP contribution is -2.43. The molecular formula is C29H32N6O4. The Balaban J connectivity index is 1.48. The zero-order valence-corrected chi connectivity index (χ0v) is 22.3. The van der Waals surface area contributed by atoms with E-state index in [0.717, 1.165) is 27.9 Å². The maximum Gasteiger partial charge on any atom is 0.251 e. The number of nitrogen functional groups attached to an aromatic ring is 1. The second-order valence-corrected chi connectivity index (χ2v) is 9.87. The molecule has 1 saturated heterocycles. The van der Waals surface area contributed by atoms with Gasteiger partial charge in [0, 0.05) is 49.0 Å². The first-order valence-electron chi connectivity index (χ1n) is 13.0. The maximum atomic E-state index is 12.7. The van der Waals surface area contributed by atoms with Gasteiger partial charge in [-0.2, -0.15) is 9.61 Å². The number of rotatable bonds is 7. The zero-order valence-electron chi connectivity index (χ0n) is 22.3. The van der Waals surface area contributed by atoms with Crippen LogP contribution in [0.15, 0.2) is 48.8 Å². The number of amides is 1. The van der Waals surface area contributed by atoms with Gasteiger partial charge in [0.1, 0.15) is 11.9 Å². The van der Waals surface area contributed by atoms with Crippen LogP contribution >= 0.6 is 0 Å². The highest BCUT2D eigenvalue weighted by Gasteiger charge is 2.31. The Labute approximate surface area is 226 Å². The van der Waals surface area contributed by atoms with Crippen molar-refractivity contribution in [3.8, 4) is 22.4 Å². The molecule has 1 aliphatic heterocycles. The summed E-state index contributed by atoms with van der Waals surface area (Å²) in [6.07, 6.45) is 4.30. The molecule has 1 aromatic carbocycles. The number of fused-ring (bicyclic) bond motifs is 1. The van der Waals surface area contributed by atoms with Crippen LogP contribution in [0.25, 0.3) is 28.0 Å². The Kier molecular flexibility index (Phi) is 7.40. The molecule has 1 fully saturated rings. The van der Waals surface area contributed by atoms with Crippen molar-refractivity contribution >= 4 is 23.2 Å². The minimum Gasteiger partial charge on any atom is -0.392 e. The van der Waals surface area contributed by atoms with Gasteiger partial charge in [-0.1, -0.05) is 30.3 Å². The molecule has 39 heavy (non-hydrogen) atoms. The lowest BCUT2D eigenvalue weighted by Gasteiger charge is -2.33. The average Bonchev–Trinajstić information content (AvgIpc) is 3.40. The number of benzene rings is 1. The number of piperidine rings is 1. The number of nitrogens with zero attached hydrogens (tertiary/aromatic N) is 5. The van der Waals surface area contributed by atoms with Crippen molar-refractivity contribution in [2.45, 2.75) is 45.3 Å². The van der Waals surface area contributed by atoms with Gasteiger partial charge < -0.3 is 20.5 Å². The predicted molar refractivity (Wildman–Crippen MR) is 147 cm³/mol. The SMILES string of the molecule is CO[C@H](C)C(=O)N1CCC(c2nc3c(-c4ccc(-c5ccc(CO)cc5)nc4)cnn3c(N)c2C(C)=O)CC1. The summed E-state index contributed by atoms with van der Waals surface area (Å²) in [5.74, 6) is 0.0276. The summed E-state index contributed by atoms with van der Waals surface area (Å²) in [5, 5.41) is 13.7. The maximum absolute atomic E-state index is 12.7. The second kappa shape index (κ2) is 10.9. The van der Waals surface area contributed by atoms with E-state index in [-0.39, 0.29) is 30.0 Å². The van der Waals surface area contributed by atoms with E-state index in [1.807, 2.05) is 36.4 Å². The fourth-order valence-electron chi connectivity index (χ4n) is 5.13. The van der Waals surface area contributed by atoms with Gasteiger partial charge in [0.25, 0.3) is 5.91 Å². The number of Topliss-reactive ketones (excluding diaryl/α,β-unsaturated/α-hetero) is 1. The molecular weight excluding hydrogens is 496 g/mol. The molecule has 10 heteroatoms. The number of carbonyl (C=O) groups is 2. The van der Waals surface area contributed by atoms with Crippen molar-refractivity contribution in [3.05, 3.63) is 65.6 Å². The highest BCUT2D eigenvalue weighted by atomic mass is 16.5. The molecule has 3 aromatic heterocycles. The quantitative estimate of drug-likeness (QED) is 0.348. The number of hydrogen-bond acceptors (Lipinski definition) is 8. The molecule has 4 heterocycles. The predicted octanol–water partition coefficient (Wildman–Crippen LogP) is 3.48. The van der Waals surface area contributed by atoms with Crippen LogP contribution in [0, 0.1) is 0 Å².